The highest BCUT2D eigenvalue weighted by molar-refractivity contribution is 4.75. The summed E-state index contributed by atoms with van der Waals surface area (Å²) < 4.78 is 5.35. The molecule has 2 atom stereocenters. The third-order valence-corrected chi connectivity index (χ3v) is 1.47. The zero-order valence-corrected chi connectivity index (χ0v) is 6.26. The van der Waals surface area contributed by atoms with Gasteiger partial charge in [-0.1, -0.05) is 6.58 Å². The summed E-state index contributed by atoms with van der Waals surface area (Å²) in [7, 11) is 0. The second kappa shape index (κ2) is 3.58. The summed E-state index contributed by atoms with van der Waals surface area (Å²) in [6.45, 7) is 7.26. The van der Waals surface area contributed by atoms with Gasteiger partial charge in [-0.15, -0.1) is 0 Å². The lowest BCUT2D eigenvalue weighted by Gasteiger charge is -2.09. The molecule has 3 heteroatoms. The Hall–Kier alpha value is -0.540. The Bertz CT molecular complexity index is 116. The Morgan fingerprint density at radius 2 is 2.70 bits per heavy atom. The van der Waals surface area contributed by atoms with Crippen LogP contribution in [0.5, 0.6) is 0 Å². The van der Waals surface area contributed by atoms with E-state index in [1.165, 1.54) is 0 Å². The standard InChI is InChI=1S/C7H14N2O/c1-3-8-4-7-9-6(2)5-10-7/h3,6-9H,1,4-5H2,2H3/t6-,7+/m0/s1. The van der Waals surface area contributed by atoms with Crippen LogP contribution >= 0.6 is 0 Å². The zero-order valence-electron chi connectivity index (χ0n) is 6.26. The van der Waals surface area contributed by atoms with Gasteiger partial charge in [0.2, 0.25) is 0 Å². The number of nitrogens with one attached hydrogen (secondary N) is 2. The predicted molar refractivity (Wildman–Crippen MR) is 40.5 cm³/mol. The molecule has 0 aromatic carbocycles. The van der Waals surface area contributed by atoms with Crippen molar-refractivity contribution in [2.75, 3.05) is 13.2 Å². The van der Waals surface area contributed by atoms with E-state index in [1.54, 1.807) is 6.20 Å². The number of hydrogen-bond donors (Lipinski definition) is 2. The molecule has 1 fully saturated rings. The van der Waals surface area contributed by atoms with E-state index in [0.717, 1.165) is 13.2 Å². The van der Waals surface area contributed by atoms with E-state index >= 15 is 0 Å². The molecule has 0 amide bonds. The maximum absolute atomic E-state index is 5.35. The molecule has 0 unspecified atom stereocenters. The summed E-state index contributed by atoms with van der Waals surface area (Å²) in [6.07, 6.45) is 1.83. The van der Waals surface area contributed by atoms with E-state index in [9.17, 15) is 0 Å². The monoisotopic (exact) mass is 142 g/mol. The average molecular weight is 142 g/mol. The molecular formula is C7H14N2O. The van der Waals surface area contributed by atoms with Crippen LogP contribution in [0.15, 0.2) is 12.8 Å². The molecule has 0 aromatic heterocycles. The van der Waals surface area contributed by atoms with Crippen molar-refractivity contribution < 1.29 is 4.74 Å². The zero-order chi connectivity index (χ0) is 7.40. The van der Waals surface area contributed by atoms with Gasteiger partial charge in [0.05, 0.1) is 13.2 Å². The highest BCUT2D eigenvalue weighted by Crippen LogP contribution is 1.99. The molecule has 0 radical (unpaired) electrons. The Kier molecular flexibility index (Phi) is 2.71. The summed E-state index contributed by atoms with van der Waals surface area (Å²) in [6, 6.07) is 0.483. The van der Waals surface area contributed by atoms with Crippen molar-refractivity contribution in [2.45, 2.75) is 19.2 Å². The number of ether oxygens (including phenoxy) is 1. The van der Waals surface area contributed by atoms with Crippen molar-refractivity contribution in [1.82, 2.24) is 10.6 Å². The molecule has 2 N–H and O–H groups in total. The van der Waals surface area contributed by atoms with E-state index < -0.39 is 0 Å². The van der Waals surface area contributed by atoms with Gasteiger partial charge in [0.25, 0.3) is 0 Å². The maximum Gasteiger partial charge on any atom is 0.125 e. The molecule has 0 aliphatic carbocycles. The molecule has 3 nitrogen and oxygen atoms in total. The predicted octanol–water partition coefficient (Wildman–Crippen LogP) is 0.0539. The summed E-state index contributed by atoms with van der Waals surface area (Å²) in [5.74, 6) is 0. The first kappa shape index (κ1) is 7.57. The van der Waals surface area contributed by atoms with Crippen molar-refractivity contribution in [3.05, 3.63) is 12.8 Å². The first-order chi connectivity index (χ1) is 4.83. The lowest BCUT2D eigenvalue weighted by atomic mass is 10.4. The fraction of sp³-hybridized carbons (Fsp3) is 0.714. The molecule has 0 saturated carbocycles. The molecule has 1 aliphatic rings. The summed E-state index contributed by atoms with van der Waals surface area (Å²) in [5, 5.41) is 6.24. The van der Waals surface area contributed by atoms with E-state index in [2.05, 4.69) is 24.1 Å². The molecule has 1 saturated heterocycles. The van der Waals surface area contributed by atoms with Crippen LogP contribution in [0.1, 0.15) is 6.92 Å². The van der Waals surface area contributed by atoms with Gasteiger partial charge >= 0.3 is 0 Å². The van der Waals surface area contributed by atoms with E-state index in [0.29, 0.717) is 6.04 Å². The normalized spacial score (nSPS) is 32.1. The van der Waals surface area contributed by atoms with Crippen LogP contribution < -0.4 is 10.6 Å². The smallest absolute Gasteiger partial charge is 0.125 e. The van der Waals surface area contributed by atoms with E-state index in [1.807, 2.05) is 0 Å². The first-order valence-corrected chi connectivity index (χ1v) is 3.55. The van der Waals surface area contributed by atoms with Crippen molar-refractivity contribution >= 4 is 0 Å². The van der Waals surface area contributed by atoms with Gasteiger partial charge in [-0.05, 0) is 13.1 Å². The number of hydrogen-bond acceptors (Lipinski definition) is 3. The van der Waals surface area contributed by atoms with Crippen LogP contribution in [0.4, 0.5) is 0 Å². The van der Waals surface area contributed by atoms with Crippen LogP contribution in [0.25, 0.3) is 0 Å². The van der Waals surface area contributed by atoms with Crippen LogP contribution in [-0.4, -0.2) is 25.4 Å². The maximum atomic E-state index is 5.35. The third kappa shape index (κ3) is 2.01. The second-order valence-electron chi connectivity index (χ2n) is 2.50. The molecule has 10 heavy (non-hydrogen) atoms. The van der Waals surface area contributed by atoms with Crippen molar-refractivity contribution in [3.63, 3.8) is 0 Å². The molecule has 0 aromatic rings. The van der Waals surface area contributed by atoms with Crippen LogP contribution in [-0.2, 0) is 4.74 Å². The Labute approximate surface area is 61.4 Å². The third-order valence-electron chi connectivity index (χ3n) is 1.47. The molecule has 0 spiro atoms. The minimum absolute atomic E-state index is 0.160. The summed E-state index contributed by atoms with van der Waals surface area (Å²) >= 11 is 0. The lowest BCUT2D eigenvalue weighted by Crippen LogP contribution is -2.35. The van der Waals surface area contributed by atoms with Gasteiger partial charge in [0.1, 0.15) is 6.23 Å². The van der Waals surface area contributed by atoms with Crippen molar-refractivity contribution in [3.8, 4) is 0 Å². The Morgan fingerprint density at radius 3 is 3.20 bits per heavy atom. The number of rotatable bonds is 3. The lowest BCUT2D eigenvalue weighted by molar-refractivity contribution is 0.102. The van der Waals surface area contributed by atoms with Crippen molar-refractivity contribution in [2.24, 2.45) is 0 Å². The highest BCUT2D eigenvalue weighted by atomic mass is 16.5. The first-order valence-electron chi connectivity index (χ1n) is 3.55. The summed E-state index contributed by atoms with van der Waals surface area (Å²) in [4.78, 5) is 0. The quantitative estimate of drug-likeness (QED) is 0.584. The van der Waals surface area contributed by atoms with Gasteiger partial charge in [0.15, 0.2) is 0 Å². The Balaban J connectivity index is 2.12. The van der Waals surface area contributed by atoms with Gasteiger partial charge in [-0.2, -0.15) is 0 Å². The SMILES string of the molecule is C=CNC[C@@H]1N[C@@H](C)CO1. The van der Waals surface area contributed by atoms with Gasteiger partial charge in [-0.25, -0.2) is 0 Å². The van der Waals surface area contributed by atoms with Gasteiger partial charge in [0, 0.05) is 6.04 Å². The van der Waals surface area contributed by atoms with Crippen LogP contribution in [0, 0.1) is 0 Å². The Morgan fingerprint density at radius 1 is 1.90 bits per heavy atom. The molecular weight excluding hydrogens is 128 g/mol. The molecule has 0 bridgehead atoms. The van der Waals surface area contributed by atoms with E-state index in [4.69, 9.17) is 4.74 Å². The molecule has 58 valence electrons. The molecule has 1 aliphatic heterocycles. The second-order valence-corrected chi connectivity index (χ2v) is 2.50. The van der Waals surface area contributed by atoms with Gasteiger partial charge in [-0.3, -0.25) is 5.32 Å². The fourth-order valence-corrected chi connectivity index (χ4v) is 0.982. The molecule has 1 rings (SSSR count). The fourth-order valence-electron chi connectivity index (χ4n) is 0.982. The van der Waals surface area contributed by atoms with Crippen molar-refractivity contribution in [1.29, 1.82) is 0 Å². The minimum atomic E-state index is 0.160. The topological polar surface area (TPSA) is 33.3 Å². The average Bonchev–Trinajstić information content (AvgIpc) is 2.31. The van der Waals surface area contributed by atoms with E-state index in [-0.39, 0.29) is 6.23 Å². The minimum Gasteiger partial charge on any atom is -0.387 e. The van der Waals surface area contributed by atoms with Crippen LogP contribution in [0.3, 0.4) is 0 Å². The summed E-state index contributed by atoms with van der Waals surface area (Å²) in [5.41, 5.74) is 0. The largest absolute Gasteiger partial charge is 0.387 e. The van der Waals surface area contributed by atoms with Crippen LogP contribution in [0.2, 0.25) is 0 Å². The molecule has 1 heterocycles. The van der Waals surface area contributed by atoms with Gasteiger partial charge < -0.3 is 10.1 Å². The highest BCUT2D eigenvalue weighted by Gasteiger charge is 2.19.